The van der Waals surface area contributed by atoms with E-state index in [-0.39, 0.29) is 12.4 Å². The van der Waals surface area contributed by atoms with Crippen LogP contribution in [0.1, 0.15) is 142 Å². The van der Waals surface area contributed by atoms with E-state index in [2.05, 4.69) is 13.0 Å². The van der Waals surface area contributed by atoms with Crippen molar-refractivity contribution < 1.29 is 19.4 Å². The summed E-state index contributed by atoms with van der Waals surface area (Å²) in [5.74, 6) is -1.37. The minimum atomic E-state index is -0.931. The Hall–Kier alpha value is -1.32. The zero-order chi connectivity index (χ0) is 24.0. The Labute approximate surface area is 203 Å². The molecule has 0 aromatic heterocycles. The summed E-state index contributed by atoms with van der Waals surface area (Å²) in [6.07, 6.45) is 29.0. The predicted octanol–water partition coefficient (Wildman–Crippen LogP) is 8.63. The maximum absolute atomic E-state index is 12.4. The van der Waals surface area contributed by atoms with Crippen LogP contribution < -0.4 is 0 Å². The van der Waals surface area contributed by atoms with E-state index >= 15 is 0 Å². The lowest BCUT2D eigenvalue weighted by molar-refractivity contribution is -0.154. The summed E-state index contributed by atoms with van der Waals surface area (Å²) < 4.78 is 5.49. The van der Waals surface area contributed by atoms with Crippen molar-refractivity contribution in [3.8, 4) is 0 Å². The number of esters is 1. The van der Waals surface area contributed by atoms with Gasteiger partial charge in [0.1, 0.15) is 0 Å². The molecule has 0 bridgehead atoms. The largest absolute Gasteiger partial charge is 0.481 e. The molecule has 0 amide bonds. The van der Waals surface area contributed by atoms with Gasteiger partial charge in [-0.1, -0.05) is 115 Å². The number of carbonyl (C=O) groups excluding carboxylic acids is 1. The molecule has 1 N–H and O–H groups in total. The van der Waals surface area contributed by atoms with E-state index in [0.717, 1.165) is 19.3 Å². The first-order chi connectivity index (χ1) is 16.1. The van der Waals surface area contributed by atoms with Crippen LogP contribution in [0.2, 0.25) is 0 Å². The quantitative estimate of drug-likeness (QED) is 0.105. The fourth-order valence-corrected chi connectivity index (χ4v) is 4.80. The van der Waals surface area contributed by atoms with Crippen LogP contribution in [-0.4, -0.2) is 23.7 Å². The van der Waals surface area contributed by atoms with Crippen LogP contribution in [0.15, 0.2) is 12.2 Å². The molecule has 33 heavy (non-hydrogen) atoms. The van der Waals surface area contributed by atoms with Crippen LogP contribution in [0.5, 0.6) is 0 Å². The molecule has 1 aliphatic carbocycles. The van der Waals surface area contributed by atoms with Gasteiger partial charge in [0.15, 0.2) is 0 Å². The second-order valence-electron chi connectivity index (χ2n) is 10.2. The molecule has 4 nitrogen and oxygen atoms in total. The van der Waals surface area contributed by atoms with Gasteiger partial charge in [-0.3, -0.25) is 9.59 Å². The van der Waals surface area contributed by atoms with Gasteiger partial charge in [0.05, 0.1) is 18.9 Å². The number of aliphatic carboxylic acids is 1. The van der Waals surface area contributed by atoms with Gasteiger partial charge >= 0.3 is 11.9 Å². The topological polar surface area (TPSA) is 63.6 Å². The summed E-state index contributed by atoms with van der Waals surface area (Å²) in [7, 11) is 0. The van der Waals surface area contributed by atoms with Crippen molar-refractivity contribution in [1.82, 2.24) is 0 Å². The van der Waals surface area contributed by atoms with Gasteiger partial charge in [-0.25, -0.2) is 0 Å². The molecule has 1 aliphatic rings. The van der Waals surface area contributed by atoms with Gasteiger partial charge in [-0.2, -0.15) is 0 Å². The average molecular weight is 465 g/mol. The van der Waals surface area contributed by atoms with Crippen molar-refractivity contribution in [2.45, 2.75) is 142 Å². The second kappa shape index (κ2) is 21.2. The molecule has 0 heterocycles. The lowest BCUT2D eigenvalue weighted by Crippen LogP contribution is -2.24. The first-order valence-electron chi connectivity index (χ1n) is 14.2. The third-order valence-corrected chi connectivity index (χ3v) is 7.00. The highest BCUT2D eigenvalue weighted by atomic mass is 16.5. The smallest absolute Gasteiger partial charge is 0.309 e. The molecule has 1 unspecified atom stereocenters. The van der Waals surface area contributed by atoms with Gasteiger partial charge in [-0.05, 0) is 38.0 Å². The van der Waals surface area contributed by atoms with E-state index in [0.29, 0.717) is 18.9 Å². The number of allylic oxidation sites excluding steroid dienone is 2. The van der Waals surface area contributed by atoms with Crippen LogP contribution in [0.4, 0.5) is 0 Å². The van der Waals surface area contributed by atoms with E-state index in [9.17, 15) is 9.59 Å². The molecule has 0 aromatic carbocycles. The van der Waals surface area contributed by atoms with Crippen molar-refractivity contribution in [2.75, 3.05) is 6.61 Å². The SMILES string of the molecule is CCCCCCCCCCCCCCCC=CCC(CC(=O)O)C(=O)OCC1CCCCC1. The van der Waals surface area contributed by atoms with Gasteiger partial charge in [0.2, 0.25) is 0 Å². The van der Waals surface area contributed by atoms with E-state index < -0.39 is 11.9 Å². The van der Waals surface area contributed by atoms with Crippen LogP contribution >= 0.6 is 0 Å². The molecule has 192 valence electrons. The zero-order valence-electron chi connectivity index (χ0n) is 21.5. The van der Waals surface area contributed by atoms with E-state index in [1.54, 1.807) is 0 Å². The highest BCUT2D eigenvalue weighted by Crippen LogP contribution is 2.24. The van der Waals surface area contributed by atoms with Crippen LogP contribution in [0.3, 0.4) is 0 Å². The molecule has 1 rings (SSSR count). The number of ether oxygens (including phenoxy) is 1. The minimum Gasteiger partial charge on any atom is -0.481 e. The highest BCUT2D eigenvalue weighted by molar-refractivity contribution is 5.79. The van der Waals surface area contributed by atoms with Gasteiger partial charge in [0, 0.05) is 0 Å². The number of carboxylic acid groups (broad SMARTS) is 1. The molecule has 0 spiro atoms. The Morgan fingerprint density at radius 1 is 0.818 bits per heavy atom. The van der Waals surface area contributed by atoms with E-state index in [4.69, 9.17) is 9.84 Å². The molecule has 0 aromatic rings. The number of rotatable bonds is 21. The average Bonchev–Trinajstić information content (AvgIpc) is 2.82. The Morgan fingerprint density at radius 3 is 1.91 bits per heavy atom. The maximum atomic E-state index is 12.4. The maximum Gasteiger partial charge on any atom is 0.309 e. The van der Waals surface area contributed by atoms with Gasteiger partial charge < -0.3 is 9.84 Å². The predicted molar refractivity (Wildman–Crippen MR) is 137 cm³/mol. The molecule has 1 saturated carbocycles. The fourth-order valence-electron chi connectivity index (χ4n) is 4.80. The molecule has 1 fully saturated rings. The molecular formula is C29H52O4. The van der Waals surface area contributed by atoms with Crippen LogP contribution in [-0.2, 0) is 14.3 Å². The number of hydrogen-bond acceptors (Lipinski definition) is 3. The van der Waals surface area contributed by atoms with Gasteiger partial charge in [-0.15, -0.1) is 0 Å². The molecule has 0 radical (unpaired) electrons. The Balaban J connectivity index is 2.03. The number of carboxylic acids is 1. The van der Waals surface area contributed by atoms with Crippen LogP contribution in [0.25, 0.3) is 0 Å². The molecule has 4 heteroatoms. The monoisotopic (exact) mass is 464 g/mol. The zero-order valence-corrected chi connectivity index (χ0v) is 21.5. The summed E-state index contributed by atoms with van der Waals surface area (Å²) >= 11 is 0. The highest BCUT2D eigenvalue weighted by Gasteiger charge is 2.23. The first-order valence-corrected chi connectivity index (χ1v) is 14.2. The third-order valence-electron chi connectivity index (χ3n) is 7.00. The first kappa shape index (κ1) is 29.7. The second-order valence-corrected chi connectivity index (χ2v) is 10.2. The number of carbonyl (C=O) groups is 2. The van der Waals surface area contributed by atoms with Crippen molar-refractivity contribution >= 4 is 11.9 Å². The summed E-state index contributed by atoms with van der Waals surface area (Å²) in [5, 5.41) is 9.15. The minimum absolute atomic E-state index is 0.146. The summed E-state index contributed by atoms with van der Waals surface area (Å²) in [4.78, 5) is 23.6. The molecule has 0 saturated heterocycles. The van der Waals surface area contributed by atoms with Crippen molar-refractivity contribution in [2.24, 2.45) is 11.8 Å². The van der Waals surface area contributed by atoms with E-state index in [1.807, 2.05) is 6.08 Å². The lowest BCUT2D eigenvalue weighted by Gasteiger charge is -2.22. The Morgan fingerprint density at radius 2 is 1.36 bits per heavy atom. The number of unbranched alkanes of at least 4 members (excludes halogenated alkanes) is 13. The number of hydrogen-bond donors (Lipinski definition) is 1. The fraction of sp³-hybridized carbons (Fsp3) is 0.862. The Kier molecular flexibility index (Phi) is 19.1. The van der Waals surface area contributed by atoms with Gasteiger partial charge in [0.25, 0.3) is 0 Å². The molecular weight excluding hydrogens is 412 g/mol. The summed E-state index contributed by atoms with van der Waals surface area (Å²) in [6.45, 7) is 2.73. The van der Waals surface area contributed by atoms with Crippen LogP contribution in [0, 0.1) is 11.8 Å². The van der Waals surface area contributed by atoms with Crippen molar-refractivity contribution in [3.63, 3.8) is 0 Å². The molecule has 0 aliphatic heterocycles. The normalized spacial score (nSPS) is 15.7. The van der Waals surface area contributed by atoms with Crippen molar-refractivity contribution in [3.05, 3.63) is 12.2 Å². The van der Waals surface area contributed by atoms with Crippen molar-refractivity contribution in [1.29, 1.82) is 0 Å². The summed E-state index contributed by atoms with van der Waals surface area (Å²) in [5.41, 5.74) is 0. The lowest BCUT2D eigenvalue weighted by atomic mass is 9.90. The third kappa shape index (κ3) is 17.8. The van der Waals surface area contributed by atoms with E-state index in [1.165, 1.54) is 103 Å². The summed E-state index contributed by atoms with van der Waals surface area (Å²) in [6, 6.07) is 0. The Bertz CT molecular complexity index is 508. The molecule has 1 atom stereocenters. The standard InChI is InChI=1S/C29H52O4/c1-2-3-4-5-6-7-8-9-10-11-12-13-14-15-16-20-23-27(24-28(30)31)29(32)33-25-26-21-18-17-19-22-26/h16,20,26-27H,2-15,17-19,21-25H2,1H3,(H,30,31).